The minimum Gasteiger partial charge on any atom is -0.356 e. The number of anilines is 2. The van der Waals surface area contributed by atoms with E-state index in [1.165, 1.54) is 6.42 Å². The largest absolute Gasteiger partial charge is 0.356 e. The Morgan fingerprint density at radius 1 is 0.938 bits per heavy atom. The first kappa shape index (κ1) is 10.3. The van der Waals surface area contributed by atoms with Crippen molar-refractivity contribution in [2.75, 3.05) is 5.32 Å². The van der Waals surface area contributed by atoms with E-state index in [0.717, 1.165) is 16.9 Å². The summed E-state index contributed by atoms with van der Waals surface area (Å²) < 4.78 is 0. The van der Waals surface area contributed by atoms with Gasteiger partial charge in [0.1, 0.15) is 0 Å². The molecule has 0 heterocycles. The highest BCUT2D eigenvalue weighted by atomic mass is 14.9. The Kier molecular flexibility index (Phi) is 3.20. The lowest BCUT2D eigenvalue weighted by molar-refractivity contribution is 1.45. The number of rotatable bonds is 3. The molecule has 0 aromatic heterocycles. The maximum Gasteiger partial charge on any atom is 0.0912 e. The normalized spacial score (nSPS) is 9.44. The van der Waals surface area contributed by atoms with Gasteiger partial charge in [-0.2, -0.15) is 5.26 Å². The van der Waals surface area contributed by atoms with Crippen molar-refractivity contribution in [2.24, 2.45) is 0 Å². The molecule has 0 fully saturated rings. The van der Waals surface area contributed by atoms with Gasteiger partial charge in [-0.15, -0.1) is 0 Å². The predicted molar refractivity (Wildman–Crippen MR) is 65.2 cm³/mol. The number of benzene rings is 2. The molecule has 2 aromatic carbocycles. The van der Waals surface area contributed by atoms with Gasteiger partial charge in [-0.05, 0) is 29.8 Å². The van der Waals surface area contributed by atoms with Crippen molar-refractivity contribution in [1.29, 1.82) is 5.26 Å². The van der Waals surface area contributed by atoms with Crippen molar-refractivity contribution in [3.05, 3.63) is 66.6 Å². The van der Waals surface area contributed by atoms with E-state index in [0.29, 0.717) is 0 Å². The average molecular weight is 207 g/mol. The van der Waals surface area contributed by atoms with Gasteiger partial charge in [0.15, 0.2) is 0 Å². The fourth-order valence-corrected chi connectivity index (χ4v) is 1.47. The highest BCUT2D eigenvalue weighted by Gasteiger charge is 1.96. The smallest absolute Gasteiger partial charge is 0.0912 e. The van der Waals surface area contributed by atoms with Crippen LogP contribution in [-0.4, -0.2) is 0 Å². The van der Waals surface area contributed by atoms with E-state index in [1.54, 1.807) is 0 Å². The summed E-state index contributed by atoms with van der Waals surface area (Å²) in [4.78, 5) is 0. The Morgan fingerprint density at radius 2 is 1.69 bits per heavy atom. The standard InChI is InChI=1S/C14H11N2/c15-10-9-12-5-4-8-14(11-12)16-13-6-2-1-3-7-13/h1-9,11,16H. The van der Waals surface area contributed by atoms with Gasteiger partial charge >= 0.3 is 0 Å². The molecule has 0 aliphatic carbocycles. The van der Waals surface area contributed by atoms with Gasteiger partial charge in [-0.1, -0.05) is 30.3 Å². The van der Waals surface area contributed by atoms with Gasteiger partial charge in [0, 0.05) is 11.4 Å². The van der Waals surface area contributed by atoms with Crippen LogP contribution >= 0.6 is 0 Å². The minimum absolute atomic E-state index is 0.906. The van der Waals surface area contributed by atoms with Crippen molar-refractivity contribution in [3.63, 3.8) is 0 Å². The van der Waals surface area contributed by atoms with Gasteiger partial charge < -0.3 is 5.32 Å². The highest BCUT2D eigenvalue weighted by Crippen LogP contribution is 2.17. The quantitative estimate of drug-likeness (QED) is 0.836. The van der Waals surface area contributed by atoms with Crippen molar-refractivity contribution < 1.29 is 0 Å². The molecule has 0 bridgehead atoms. The topological polar surface area (TPSA) is 35.8 Å². The van der Waals surface area contributed by atoms with Gasteiger partial charge in [0.2, 0.25) is 0 Å². The summed E-state index contributed by atoms with van der Waals surface area (Å²) in [6.07, 6.45) is 1.52. The first-order valence-corrected chi connectivity index (χ1v) is 5.03. The Hall–Kier alpha value is -2.27. The van der Waals surface area contributed by atoms with E-state index < -0.39 is 0 Å². The fourth-order valence-electron chi connectivity index (χ4n) is 1.47. The van der Waals surface area contributed by atoms with Crippen molar-refractivity contribution in [1.82, 2.24) is 0 Å². The van der Waals surface area contributed by atoms with E-state index in [9.17, 15) is 0 Å². The Morgan fingerprint density at radius 3 is 2.44 bits per heavy atom. The lowest BCUT2D eigenvalue weighted by atomic mass is 10.1. The van der Waals surface area contributed by atoms with Crippen LogP contribution in [-0.2, 0) is 0 Å². The average Bonchev–Trinajstić information content (AvgIpc) is 2.31. The van der Waals surface area contributed by atoms with Gasteiger partial charge in [-0.3, -0.25) is 0 Å². The third-order valence-corrected chi connectivity index (χ3v) is 2.18. The second-order valence-corrected chi connectivity index (χ2v) is 3.39. The highest BCUT2D eigenvalue weighted by molar-refractivity contribution is 5.60. The molecule has 0 aliphatic rings. The molecule has 77 valence electrons. The SMILES string of the molecule is N#C[CH]c1cccc(Nc2ccccc2)c1. The van der Waals surface area contributed by atoms with Crippen molar-refractivity contribution >= 4 is 11.4 Å². The molecule has 0 amide bonds. The van der Waals surface area contributed by atoms with Crippen LogP contribution in [0.25, 0.3) is 0 Å². The molecule has 16 heavy (non-hydrogen) atoms. The maximum absolute atomic E-state index is 8.57. The molecule has 2 heteroatoms. The number of nitriles is 1. The molecule has 0 aliphatic heterocycles. The summed E-state index contributed by atoms with van der Waals surface area (Å²) in [7, 11) is 0. The molecular formula is C14H11N2. The lowest BCUT2D eigenvalue weighted by Crippen LogP contribution is -1.90. The van der Waals surface area contributed by atoms with Crippen LogP contribution in [0.1, 0.15) is 5.56 Å². The Balaban J connectivity index is 2.16. The van der Waals surface area contributed by atoms with E-state index in [4.69, 9.17) is 5.26 Å². The Bertz CT molecular complexity index is 498. The summed E-state index contributed by atoms with van der Waals surface area (Å²) in [6, 6.07) is 19.7. The van der Waals surface area contributed by atoms with Gasteiger partial charge in [0.05, 0.1) is 12.5 Å². The van der Waals surface area contributed by atoms with Gasteiger partial charge in [-0.25, -0.2) is 0 Å². The summed E-state index contributed by atoms with van der Waals surface area (Å²) in [5, 5.41) is 11.8. The van der Waals surface area contributed by atoms with Crippen LogP contribution in [0.5, 0.6) is 0 Å². The molecule has 2 rings (SSSR count). The molecule has 0 unspecified atom stereocenters. The molecule has 1 radical (unpaired) electrons. The lowest BCUT2D eigenvalue weighted by Gasteiger charge is -2.06. The monoisotopic (exact) mass is 207 g/mol. The zero-order valence-corrected chi connectivity index (χ0v) is 8.72. The molecule has 0 atom stereocenters. The number of nitrogens with zero attached hydrogens (tertiary/aromatic N) is 1. The molecule has 0 spiro atoms. The Labute approximate surface area is 95.2 Å². The van der Waals surface area contributed by atoms with Crippen LogP contribution in [0.3, 0.4) is 0 Å². The summed E-state index contributed by atoms with van der Waals surface area (Å²) in [5.74, 6) is 0. The summed E-state index contributed by atoms with van der Waals surface area (Å²) in [6.45, 7) is 0. The minimum atomic E-state index is 0.906. The molecule has 1 N–H and O–H groups in total. The van der Waals surface area contributed by atoms with Gasteiger partial charge in [0.25, 0.3) is 0 Å². The number of hydrogen-bond donors (Lipinski definition) is 1. The third-order valence-electron chi connectivity index (χ3n) is 2.18. The van der Waals surface area contributed by atoms with Crippen molar-refractivity contribution in [3.8, 4) is 6.07 Å². The first-order chi connectivity index (χ1) is 7.88. The second-order valence-electron chi connectivity index (χ2n) is 3.39. The zero-order chi connectivity index (χ0) is 11.2. The van der Waals surface area contributed by atoms with E-state index in [1.807, 2.05) is 60.7 Å². The summed E-state index contributed by atoms with van der Waals surface area (Å²) >= 11 is 0. The van der Waals surface area contributed by atoms with Crippen LogP contribution in [0.4, 0.5) is 11.4 Å². The van der Waals surface area contributed by atoms with E-state index in [2.05, 4.69) is 5.32 Å². The molecule has 0 saturated carbocycles. The van der Waals surface area contributed by atoms with Crippen LogP contribution < -0.4 is 5.32 Å². The first-order valence-electron chi connectivity index (χ1n) is 5.03. The number of hydrogen-bond acceptors (Lipinski definition) is 2. The van der Waals surface area contributed by atoms with Crippen molar-refractivity contribution in [2.45, 2.75) is 0 Å². The second kappa shape index (κ2) is 4.99. The molecule has 2 aromatic rings. The number of nitrogens with one attached hydrogen (secondary N) is 1. The van der Waals surface area contributed by atoms with E-state index in [-0.39, 0.29) is 0 Å². The van der Waals surface area contributed by atoms with Crippen LogP contribution in [0, 0.1) is 17.8 Å². The van der Waals surface area contributed by atoms with E-state index >= 15 is 0 Å². The molecule has 2 nitrogen and oxygen atoms in total. The predicted octanol–water partition coefficient (Wildman–Crippen LogP) is 3.51. The fraction of sp³-hybridized carbons (Fsp3) is 0. The zero-order valence-electron chi connectivity index (χ0n) is 8.72. The van der Waals surface area contributed by atoms with Crippen LogP contribution in [0.2, 0.25) is 0 Å². The maximum atomic E-state index is 8.57. The summed E-state index contributed by atoms with van der Waals surface area (Å²) in [5.41, 5.74) is 2.93. The number of para-hydroxylation sites is 1. The third kappa shape index (κ3) is 2.61. The molecule has 0 saturated heterocycles. The molecular weight excluding hydrogens is 196 g/mol. The van der Waals surface area contributed by atoms with Crippen LogP contribution in [0.15, 0.2) is 54.6 Å².